The molecular formula is C23H16O5. The lowest BCUT2D eigenvalue weighted by Crippen LogP contribution is -2.11. The number of Topliss-reactive ketones (excluding diaryl/α,β-unsaturated/α-hetero) is 1. The predicted octanol–water partition coefficient (Wildman–Crippen LogP) is 4.03. The van der Waals surface area contributed by atoms with Crippen molar-refractivity contribution in [2.75, 3.05) is 7.11 Å². The molecule has 0 heterocycles. The van der Waals surface area contributed by atoms with Gasteiger partial charge < -0.3 is 9.84 Å². The molecule has 1 N–H and O–H groups in total. The van der Waals surface area contributed by atoms with Crippen LogP contribution in [0.1, 0.15) is 42.2 Å². The molecule has 4 rings (SSSR count). The summed E-state index contributed by atoms with van der Waals surface area (Å²) in [5.41, 5.74) is 3.44. The second-order valence-electron chi connectivity index (χ2n) is 6.53. The van der Waals surface area contributed by atoms with Crippen molar-refractivity contribution in [2.24, 2.45) is 0 Å². The van der Waals surface area contributed by atoms with Crippen LogP contribution < -0.4 is 4.74 Å². The molecule has 5 nitrogen and oxygen atoms in total. The van der Waals surface area contributed by atoms with Gasteiger partial charge in [-0.05, 0) is 29.3 Å². The fourth-order valence-corrected chi connectivity index (χ4v) is 3.62. The van der Waals surface area contributed by atoms with Gasteiger partial charge in [-0.1, -0.05) is 42.5 Å². The highest BCUT2D eigenvalue weighted by molar-refractivity contribution is 6.26. The number of hydrogen-bond donors (Lipinski definition) is 1. The SMILES string of the molecule is COc1ccc(C(=O)O)cc1CC(=O)c1cccc2c1C(=O)c1ccccc1-2. The fourth-order valence-electron chi connectivity index (χ4n) is 3.62. The molecule has 0 aliphatic heterocycles. The van der Waals surface area contributed by atoms with Gasteiger partial charge in [0.2, 0.25) is 0 Å². The van der Waals surface area contributed by atoms with Crippen LogP contribution in [0, 0.1) is 0 Å². The standard InChI is InChI=1S/C23H16O5/c1-28-20-10-9-13(23(26)27)11-14(20)12-19(24)18-8-4-7-16-15-5-2-3-6-17(15)22(25)21(16)18/h2-11H,12H2,1H3,(H,26,27). The summed E-state index contributed by atoms with van der Waals surface area (Å²) in [6, 6.07) is 16.9. The van der Waals surface area contributed by atoms with Gasteiger partial charge in [-0.3, -0.25) is 9.59 Å². The summed E-state index contributed by atoms with van der Waals surface area (Å²) in [7, 11) is 1.46. The maximum Gasteiger partial charge on any atom is 0.335 e. The molecule has 0 saturated carbocycles. The molecule has 0 fully saturated rings. The Morgan fingerprint density at radius 1 is 0.929 bits per heavy atom. The van der Waals surface area contributed by atoms with Crippen LogP contribution in [-0.2, 0) is 6.42 Å². The van der Waals surface area contributed by atoms with Crippen molar-refractivity contribution in [1.82, 2.24) is 0 Å². The van der Waals surface area contributed by atoms with Gasteiger partial charge in [0, 0.05) is 28.7 Å². The van der Waals surface area contributed by atoms with E-state index in [1.807, 2.05) is 18.2 Å². The Morgan fingerprint density at radius 2 is 1.64 bits per heavy atom. The van der Waals surface area contributed by atoms with Gasteiger partial charge in [-0.2, -0.15) is 0 Å². The second-order valence-corrected chi connectivity index (χ2v) is 6.53. The first-order valence-corrected chi connectivity index (χ1v) is 8.71. The third kappa shape index (κ3) is 2.77. The highest BCUT2D eigenvalue weighted by Crippen LogP contribution is 2.38. The van der Waals surface area contributed by atoms with Crippen LogP contribution in [0.5, 0.6) is 5.75 Å². The number of aromatic carboxylic acids is 1. The van der Waals surface area contributed by atoms with Crippen molar-refractivity contribution >= 4 is 17.5 Å². The van der Waals surface area contributed by atoms with E-state index in [0.29, 0.717) is 28.0 Å². The van der Waals surface area contributed by atoms with Crippen molar-refractivity contribution in [3.8, 4) is 16.9 Å². The minimum atomic E-state index is -1.08. The molecule has 5 heteroatoms. The molecule has 0 saturated heterocycles. The van der Waals surface area contributed by atoms with Crippen molar-refractivity contribution in [3.05, 3.63) is 88.5 Å². The van der Waals surface area contributed by atoms with Crippen LogP contribution >= 0.6 is 0 Å². The Bertz CT molecular complexity index is 1140. The Kier molecular flexibility index (Phi) is 4.28. The summed E-state index contributed by atoms with van der Waals surface area (Å²) < 4.78 is 5.27. The third-order valence-electron chi connectivity index (χ3n) is 4.93. The minimum absolute atomic E-state index is 0.0651. The fraction of sp³-hybridized carbons (Fsp3) is 0.0870. The molecule has 3 aromatic rings. The van der Waals surface area contributed by atoms with E-state index < -0.39 is 5.97 Å². The van der Waals surface area contributed by atoms with E-state index in [1.165, 1.54) is 25.3 Å². The molecular weight excluding hydrogens is 356 g/mol. The molecule has 0 radical (unpaired) electrons. The van der Waals surface area contributed by atoms with Crippen LogP contribution in [0.25, 0.3) is 11.1 Å². The van der Waals surface area contributed by atoms with Gasteiger partial charge >= 0.3 is 5.97 Å². The Balaban J connectivity index is 1.75. The van der Waals surface area contributed by atoms with E-state index >= 15 is 0 Å². The lowest BCUT2D eigenvalue weighted by atomic mass is 9.94. The van der Waals surface area contributed by atoms with E-state index in [1.54, 1.807) is 24.3 Å². The number of fused-ring (bicyclic) bond motifs is 3. The van der Waals surface area contributed by atoms with Crippen molar-refractivity contribution in [3.63, 3.8) is 0 Å². The molecule has 0 aromatic heterocycles. The predicted molar refractivity (Wildman–Crippen MR) is 103 cm³/mol. The Morgan fingerprint density at radius 3 is 2.36 bits per heavy atom. The maximum atomic E-state index is 13.1. The molecule has 3 aromatic carbocycles. The summed E-state index contributed by atoms with van der Waals surface area (Å²) in [5, 5.41) is 9.22. The van der Waals surface area contributed by atoms with E-state index in [0.717, 1.165) is 11.1 Å². The number of methoxy groups -OCH3 is 1. The van der Waals surface area contributed by atoms with Crippen LogP contribution in [-0.4, -0.2) is 29.8 Å². The molecule has 0 bridgehead atoms. The van der Waals surface area contributed by atoms with Gasteiger partial charge in [0.15, 0.2) is 11.6 Å². The monoisotopic (exact) mass is 372 g/mol. The molecule has 28 heavy (non-hydrogen) atoms. The number of ketones is 2. The molecule has 138 valence electrons. The van der Waals surface area contributed by atoms with Crippen LogP contribution in [0.4, 0.5) is 0 Å². The number of benzene rings is 3. The van der Waals surface area contributed by atoms with E-state index in [2.05, 4.69) is 0 Å². The van der Waals surface area contributed by atoms with Gasteiger partial charge in [0.1, 0.15) is 5.75 Å². The van der Waals surface area contributed by atoms with Gasteiger partial charge in [-0.25, -0.2) is 4.79 Å². The Hall–Kier alpha value is -3.73. The van der Waals surface area contributed by atoms with Crippen LogP contribution in [0.15, 0.2) is 60.7 Å². The molecule has 0 spiro atoms. The summed E-state index contributed by atoms with van der Waals surface area (Å²) in [6.07, 6.45) is -0.0651. The number of carboxylic acids is 1. The number of carboxylic acid groups (broad SMARTS) is 1. The van der Waals surface area contributed by atoms with E-state index in [-0.39, 0.29) is 23.6 Å². The molecule has 0 atom stereocenters. The van der Waals surface area contributed by atoms with Gasteiger partial charge in [-0.15, -0.1) is 0 Å². The summed E-state index contributed by atoms with van der Waals surface area (Å²) in [5.74, 6) is -1.08. The minimum Gasteiger partial charge on any atom is -0.496 e. The molecule has 1 aliphatic rings. The summed E-state index contributed by atoms with van der Waals surface area (Å²) in [4.78, 5) is 37.2. The average Bonchev–Trinajstić information content (AvgIpc) is 3.00. The summed E-state index contributed by atoms with van der Waals surface area (Å²) >= 11 is 0. The number of rotatable bonds is 5. The van der Waals surface area contributed by atoms with Gasteiger partial charge in [0.25, 0.3) is 0 Å². The molecule has 0 amide bonds. The zero-order chi connectivity index (χ0) is 19.8. The van der Waals surface area contributed by atoms with Crippen molar-refractivity contribution in [2.45, 2.75) is 6.42 Å². The third-order valence-corrected chi connectivity index (χ3v) is 4.93. The summed E-state index contributed by atoms with van der Waals surface area (Å²) in [6.45, 7) is 0. The average molecular weight is 372 g/mol. The van der Waals surface area contributed by atoms with Crippen LogP contribution in [0.3, 0.4) is 0 Å². The zero-order valence-corrected chi connectivity index (χ0v) is 15.1. The van der Waals surface area contributed by atoms with Crippen LogP contribution in [0.2, 0.25) is 0 Å². The Labute approximate surface area is 161 Å². The zero-order valence-electron chi connectivity index (χ0n) is 15.1. The largest absolute Gasteiger partial charge is 0.496 e. The van der Waals surface area contributed by atoms with E-state index in [9.17, 15) is 19.5 Å². The first-order chi connectivity index (χ1) is 13.5. The first kappa shape index (κ1) is 17.7. The lowest BCUT2D eigenvalue weighted by molar-refractivity contribution is 0.0696. The molecule has 1 aliphatic carbocycles. The maximum absolute atomic E-state index is 13.1. The van der Waals surface area contributed by atoms with Gasteiger partial charge in [0.05, 0.1) is 12.7 Å². The normalized spacial score (nSPS) is 11.7. The van der Waals surface area contributed by atoms with E-state index in [4.69, 9.17) is 4.74 Å². The smallest absolute Gasteiger partial charge is 0.335 e. The molecule has 0 unspecified atom stereocenters. The second kappa shape index (κ2) is 6.78. The highest BCUT2D eigenvalue weighted by atomic mass is 16.5. The number of carbonyl (C=O) groups excluding carboxylic acids is 2. The quantitative estimate of drug-likeness (QED) is 0.535. The topological polar surface area (TPSA) is 80.7 Å². The number of hydrogen-bond acceptors (Lipinski definition) is 4. The highest BCUT2D eigenvalue weighted by Gasteiger charge is 2.30. The van der Waals surface area contributed by atoms with Crippen molar-refractivity contribution in [1.29, 1.82) is 0 Å². The van der Waals surface area contributed by atoms with Crippen molar-refractivity contribution < 1.29 is 24.2 Å². The first-order valence-electron chi connectivity index (χ1n) is 8.71. The number of carbonyl (C=O) groups is 3. The number of ether oxygens (including phenoxy) is 1. The lowest BCUT2D eigenvalue weighted by Gasteiger charge is -2.11.